The van der Waals surface area contributed by atoms with E-state index in [4.69, 9.17) is 4.52 Å². The number of hydrogen-bond donors (Lipinski definition) is 0. The molecule has 3 heterocycles. The Bertz CT molecular complexity index is 662. The standard InChI is InChI=1S/C15H21N5O2/c1-4-19-7-8-20(15(21)12-9-11(2)22-17-12)10-13(19)14-16-5-6-18(14)3/h5-6,9,13H,4,7-8,10H2,1-3H3/t13-/m0/s1. The van der Waals surface area contributed by atoms with E-state index in [0.717, 1.165) is 18.9 Å². The number of amides is 1. The highest BCUT2D eigenvalue weighted by Crippen LogP contribution is 2.24. The van der Waals surface area contributed by atoms with Crippen LogP contribution in [0.3, 0.4) is 0 Å². The highest BCUT2D eigenvalue weighted by molar-refractivity contribution is 5.92. The lowest BCUT2D eigenvalue weighted by molar-refractivity contribution is 0.0464. The van der Waals surface area contributed by atoms with Gasteiger partial charge in [-0.05, 0) is 13.5 Å². The molecule has 0 spiro atoms. The Morgan fingerprint density at radius 3 is 2.86 bits per heavy atom. The van der Waals surface area contributed by atoms with Gasteiger partial charge in [0.2, 0.25) is 0 Å². The van der Waals surface area contributed by atoms with Crippen LogP contribution in [-0.4, -0.2) is 56.6 Å². The van der Waals surface area contributed by atoms with E-state index < -0.39 is 0 Å². The van der Waals surface area contributed by atoms with E-state index in [1.165, 1.54) is 0 Å². The minimum absolute atomic E-state index is 0.0770. The quantitative estimate of drug-likeness (QED) is 0.853. The van der Waals surface area contributed by atoms with E-state index in [-0.39, 0.29) is 11.9 Å². The average Bonchev–Trinajstić information content (AvgIpc) is 3.14. The maximum Gasteiger partial charge on any atom is 0.276 e. The molecule has 0 saturated carbocycles. The number of hydrogen-bond acceptors (Lipinski definition) is 5. The molecule has 0 aromatic carbocycles. The maximum absolute atomic E-state index is 12.6. The molecule has 7 heteroatoms. The van der Waals surface area contributed by atoms with Crippen LogP contribution >= 0.6 is 0 Å². The highest BCUT2D eigenvalue weighted by atomic mass is 16.5. The zero-order chi connectivity index (χ0) is 15.7. The third-order valence-electron chi connectivity index (χ3n) is 4.19. The number of aromatic nitrogens is 3. The average molecular weight is 303 g/mol. The summed E-state index contributed by atoms with van der Waals surface area (Å²) in [4.78, 5) is 21.2. The Hall–Kier alpha value is -2.15. The summed E-state index contributed by atoms with van der Waals surface area (Å²) in [5, 5.41) is 3.83. The van der Waals surface area contributed by atoms with E-state index in [0.29, 0.717) is 24.5 Å². The van der Waals surface area contributed by atoms with Gasteiger partial charge in [0.05, 0.1) is 6.04 Å². The molecule has 0 aliphatic carbocycles. The second-order valence-corrected chi connectivity index (χ2v) is 5.61. The topological polar surface area (TPSA) is 67.4 Å². The van der Waals surface area contributed by atoms with Gasteiger partial charge in [0.1, 0.15) is 11.6 Å². The molecule has 2 aromatic heterocycles. The van der Waals surface area contributed by atoms with Crippen LogP contribution in [0.4, 0.5) is 0 Å². The molecule has 0 unspecified atom stereocenters. The summed E-state index contributed by atoms with van der Waals surface area (Å²) < 4.78 is 7.03. The smallest absolute Gasteiger partial charge is 0.276 e. The Morgan fingerprint density at radius 1 is 1.45 bits per heavy atom. The van der Waals surface area contributed by atoms with E-state index in [1.54, 1.807) is 19.2 Å². The summed E-state index contributed by atoms with van der Waals surface area (Å²) in [6, 6.07) is 1.79. The molecule has 3 rings (SSSR count). The second-order valence-electron chi connectivity index (χ2n) is 5.61. The third-order valence-corrected chi connectivity index (χ3v) is 4.19. The van der Waals surface area contributed by atoms with Crippen LogP contribution in [0.1, 0.15) is 35.0 Å². The van der Waals surface area contributed by atoms with Crippen molar-refractivity contribution in [2.24, 2.45) is 7.05 Å². The van der Waals surface area contributed by atoms with Crippen molar-refractivity contribution in [3.63, 3.8) is 0 Å². The van der Waals surface area contributed by atoms with Gasteiger partial charge in [0, 0.05) is 45.1 Å². The van der Waals surface area contributed by atoms with Gasteiger partial charge in [-0.2, -0.15) is 0 Å². The fraction of sp³-hybridized carbons (Fsp3) is 0.533. The van der Waals surface area contributed by atoms with Crippen molar-refractivity contribution in [1.82, 2.24) is 24.5 Å². The molecule has 1 atom stereocenters. The molecule has 0 bridgehead atoms. The molecule has 22 heavy (non-hydrogen) atoms. The predicted molar refractivity (Wildman–Crippen MR) is 80.3 cm³/mol. The summed E-state index contributed by atoms with van der Waals surface area (Å²) in [5.74, 6) is 1.55. The monoisotopic (exact) mass is 303 g/mol. The highest BCUT2D eigenvalue weighted by Gasteiger charge is 2.33. The van der Waals surface area contributed by atoms with Gasteiger partial charge in [-0.25, -0.2) is 4.98 Å². The third kappa shape index (κ3) is 2.64. The van der Waals surface area contributed by atoms with Gasteiger partial charge in [-0.1, -0.05) is 12.1 Å². The van der Waals surface area contributed by atoms with Gasteiger partial charge in [-0.3, -0.25) is 9.69 Å². The van der Waals surface area contributed by atoms with Crippen molar-refractivity contribution in [3.05, 3.63) is 35.7 Å². The zero-order valence-corrected chi connectivity index (χ0v) is 13.2. The fourth-order valence-electron chi connectivity index (χ4n) is 2.96. The van der Waals surface area contributed by atoms with E-state index >= 15 is 0 Å². The lowest BCUT2D eigenvalue weighted by Crippen LogP contribution is -2.51. The van der Waals surface area contributed by atoms with Crippen molar-refractivity contribution in [2.45, 2.75) is 19.9 Å². The molecule has 1 aliphatic heterocycles. The molecule has 118 valence electrons. The van der Waals surface area contributed by atoms with Crippen LogP contribution in [-0.2, 0) is 7.05 Å². The van der Waals surface area contributed by atoms with Gasteiger partial charge >= 0.3 is 0 Å². The van der Waals surface area contributed by atoms with Crippen molar-refractivity contribution in [3.8, 4) is 0 Å². The Balaban J connectivity index is 1.81. The second kappa shape index (κ2) is 5.92. The van der Waals surface area contributed by atoms with Crippen molar-refractivity contribution < 1.29 is 9.32 Å². The molecule has 7 nitrogen and oxygen atoms in total. The lowest BCUT2D eigenvalue weighted by atomic mass is 10.1. The first-order chi connectivity index (χ1) is 10.6. The number of carbonyl (C=O) groups is 1. The van der Waals surface area contributed by atoms with Crippen molar-refractivity contribution in [1.29, 1.82) is 0 Å². The van der Waals surface area contributed by atoms with Crippen LogP contribution in [0.15, 0.2) is 23.0 Å². The Morgan fingerprint density at radius 2 is 2.27 bits per heavy atom. The van der Waals surface area contributed by atoms with Gasteiger partial charge in [-0.15, -0.1) is 0 Å². The molecule has 1 aliphatic rings. The fourth-order valence-corrected chi connectivity index (χ4v) is 2.96. The summed E-state index contributed by atoms with van der Waals surface area (Å²) in [7, 11) is 1.98. The molecule has 1 fully saturated rings. The minimum Gasteiger partial charge on any atom is -0.361 e. The molecule has 0 N–H and O–H groups in total. The molecular weight excluding hydrogens is 282 g/mol. The zero-order valence-electron chi connectivity index (χ0n) is 13.2. The van der Waals surface area contributed by atoms with E-state index in [9.17, 15) is 4.79 Å². The van der Waals surface area contributed by atoms with E-state index in [2.05, 4.69) is 22.0 Å². The van der Waals surface area contributed by atoms with Gasteiger partial charge in [0.25, 0.3) is 5.91 Å². The van der Waals surface area contributed by atoms with Gasteiger partial charge < -0.3 is 14.0 Å². The normalized spacial score (nSPS) is 19.6. The number of rotatable bonds is 3. The Kier molecular flexibility index (Phi) is 3.98. The summed E-state index contributed by atoms with van der Waals surface area (Å²) in [5.41, 5.74) is 0.376. The molecule has 0 radical (unpaired) electrons. The SMILES string of the molecule is CCN1CCN(C(=O)c2cc(C)on2)C[C@H]1c1nccn1C. The number of carbonyl (C=O) groups excluding carboxylic acids is 1. The van der Waals surface area contributed by atoms with Crippen LogP contribution in [0.25, 0.3) is 0 Å². The molecule has 1 saturated heterocycles. The number of aryl methyl sites for hydroxylation is 2. The lowest BCUT2D eigenvalue weighted by Gasteiger charge is -2.40. The molecule has 2 aromatic rings. The Labute approximate surface area is 129 Å². The number of imidazole rings is 1. The van der Waals surface area contributed by atoms with Crippen LogP contribution < -0.4 is 0 Å². The first-order valence-electron chi connectivity index (χ1n) is 7.54. The molecular formula is C15H21N5O2. The number of nitrogens with zero attached hydrogens (tertiary/aromatic N) is 5. The van der Waals surface area contributed by atoms with Crippen LogP contribution in [0.5, 0.6) is 0 Å². The van der Waals surface area contributed by atoms with Crippen LogP contribution in [0, 0.1) is 6.92 Å². The predicted octanol–water partition coefficient (Wildman–Crippen LogP) is 1.24. The first kappa shape index (κ1) is 14.8. The van der Waals surface area contributed by atoms with Crippen molar-refractivity contribution >= 4 is 5.91 Å². The largest absolute Gasteiger partial charge is 0.361 e. The summed E-state index contributed by atoms with van der Waals surface area (Å²) >= 11 is 0. The number of likely N-dealkylation sites (N-methyl/N-ethyl adjacent to an activating group) is 1. The minimum atomic E-state index is -0.0770. The van der Waals surface area contributed by atoms with E-state index in [1.807, 2.05) is 22.7 Å². The molecule has 1 amide bonds. The maximum atomic E-state index is 12.6. The number of piperazine rings is 1. The summed E-state index contributed by atoms with van der Waals surface area (Å²) in [6.45, 7) is 6.99. The summed E-state index contributed by atoms with van der Waals surface area (Å²) in [6.07, 6.45) is 3.73. The van der Waals surface area contributed by atoms with Gasteiger partial charge in [0.15, 0.2) is 5.69 Å². The van der Waals surface area contributed by atoms with Crippen molar-refractivity contribution in [2.75, 3.05) is 26.2 Å². The van der Waals surface area contributed by atoms with Crippen LogP contribution in [0.2, 0.25) is 0 Å². The first-order valence-corrected chi connectivity index (χ1v) is 7.54.